The van der Waals surface area contributed by atoms with Gasteiger partial charge in [0.25, 0.3) is 0 Å². The molecule has 0 aliphatic carbocycles. The van der Waals surface area contributed by atoms with Crippen LogP contribution in [0.5, 0.6) is 0 Å². The molecule has 0 saturated carbocycles. The maximum atomic E-state index is 12.1. The van der Waals surface area contributed by atoms with Crippen LogP contribution in [0.15, 0.2) is 0 Å². The first-order chi connectivity index (χ1) is 9.06. The van der Waals surface area contributed by atoms with E-state index in [0.29, 0.717) is 19.0 Å². The Morgan fingerprint density at radius 2 is 2.05 bits per heavy atom. The van der Waals surface area contributed by atoms with Gasteiger partial charge in [0.2, 0.25) is 10.0 Å². The minimum atomic E-state index is -3.12. The van der Waals surface area contributed by atoms with Crippen LogP contribution in [0.1, 0.15) is 44.9 Å². The second-order valence-corrected chi connectivity index (χ2v) is 7.55. The van der Waals surface area contributed by atoms with Gasteiger partial charge in [-0.15, -0.1) is 0 Å². The van der Waals surface area contributed by atoms with Crippen molar-refractivity contribution in [3.63, 3.8) is 0 Å². The van der Waals surface area contributed by atoms with E-state index in [1.165, 1.54) is 17.1 Å². The fourth-order valence-corrected chi connectivity index (χ4v) is 3.68. The summed E-state index contributed by atoms with van der Waals surface area (Å²) in [5.41, 5.74) is 0. The second-order valence-electron chi connectivity index (χ2n) is 5.36. The molecule has 5 nitrogen and oxygen atoms in total. The zero-order valence-electron chi connectivity index (χ0n) is 12.0. The molecular formula is C13H28N2O3S. The normalized spacial score (nSPS) is 20.9. The summed E-state index contributed by atoms with van der Waals surface area (Å²) in [5.74, 6) is 0.237. The molecule has 1 fully saturated rings. The van der Waals surface area contributed by atoms with Crippen molar-refractivity contribution in [2.24, 2.45) is 0 Å². The molecule has 0 aromatic carbocycles. The van der Waals surface area contributed by atoms with Crippen molar-refractivity contribution in [2.75, 3.05) is 32.5 Å². The van der Waals surface area contributed by atoms with Gasteiger partial charge in [-0.25, -0.2) is 12.7 Å². The molecule has 2 N–H and O–H groups in total. The number of piperidine rings is 1. The molecule has 1 unspecified atom stereocenters. The van der Waals surface area contributed by atoms with Gasteiger partial charge < -0.3 is 10.4 Å². The van der Waals surface area contributed by atoms with Crippen molar-refractivity contribution in [3.05, 3.63) is 0 Å². The summed E-state index contributed by atoms with van der Waals surface area (Å²) in [6.45, 7) is 1.76. The number of aliphatic hydroxyl groups is 1. The van der Waals surface area contributed by atoms with Gasteiger partial charge in [-0.2, -0.15) is 0 Å². The van der Waals surface area contributed by atoms with E-state index in [1.54, 1.807) is 7.05 Å². The minimum Gasteiger partial charge on any atom is -0.396 e. The Labute approximate surface area is 117 Å². The summed E-state index contributed by atoms with van der Waals surface area (Å²) < 4.78 is 25.6. The Hall–Kier alpha value is -0.170. The number of hydrogen-bond donors (Lipinski definition) is 2. The average Bonchev–Trinajstić information content (AvgIpc) is 2.42. The highest BCUT2D eigenvalue weighted by Gasteiger charge is 2.20. The van der Waals surface area contributed by atoms with Crippen molar-refractivity contribution >= 4 is 10.0 Å². The first kappa shape index (κ1) is 16.9. The maximum Gasteiger partial charge on any atom is 0.213 e. The topological polar surface area (TPSA) is 69.6 Å². The van der Waals surface area contributed by atoms with Crippen molar-refractivity contribution in [3.8, 4) is 0 Å². The molecule has 1 aliphatic heterocycles. The van der Waals surface area contributed by atoms with Crippen LogP contribution in [0, 0.1) is 0 Å². The number of hydrogen-bond acceptors (Lipinski definition) is 4. The van der Waals surface area contributed by atoms with Crippen LogP contribution >= 0.6 is 0 Å². The van der Waals surface area contributed by atoms with Gasteiger partial charge in [0, 0.05) is 26.2 Å². The SMILES string of the molecule is CN(CCCCCO)S(=O)(=O)CCC1CCCCN1. The largest absolute Gasteiger partial charge is 0.396 e. The number of nitrogens with zero attached hydrogens (tertiary/aromatic N) is 1. The van der Waals surface area contributed by atoms with Crippen LogP contribution < -0.4 is 5.32 Å². The van der Waals surface area contributed by atoms with Crippen LogP contribution in [0.2, 0.25) is 0 Å². The molecule has 6 heteroatoms. The second kappa shape index (κ2) is 8.89. The molecule has 19 heavy (non-hydrogen) atoms. The monoisotopic (exact) mass is 292 g/mol. The summed E-state index contributed by atoms with van der Waals surface area (Å²) >= 11 is 0. The quantitative estimate of drug-likeness (QED) is 0.621. The van der Waals surface area contributed by atoms with Gasteiger partial charge in [0.1, 0.15) is 0 Å². The lowest BCUT2D eigenvalue weighted by Gasteiger charge is -2.24. The molecule has 0 bridgehead atoms. The molecule has 1 aliphatic rings. The van der Waals surface area contributed by atoms with Crippen molar-refractivity contribution in [1.82, 2.24) is 9.62 Å². The van der Waals surface area contributed by atoms with E-state index in [1.807, 2.05) is 0 Å². The van der Waals surface area contributed by atoms with Crippen LogP contribution in [-0.2, 0) is 10.0 Å². The standard InChI is InChI=1S/C13H28N2O3S/c1-15(10-5-2-6-11-16)19(17,18)12-8-13-7-3-4-9-14-13/h13-14,16H,2-12H2,1H3. The molecule has 0 spiro atoms. The molecule has 114 valence electrons. The Kier molecular flexibility index (Phi) is 7.90. The van der Waals surface area contributed by atoms with E-state index in [-0.39, 0.29) is 12.4 Å². The molecule has 0 aromatic heterocycles. The van der Waals surface area contributed by atoms with Crippen molar-refractivity contribution < 1.29 is 13.5 Å². The van der Waals surface area contributed by atoms with E-state index in [0.717, 1.165) is 32.2 Å². The molecule has 1 atom stereocenters. The van der Waals surface area contributed by atoms with Crippen LogP contribution in [0.3, 0.4) is 0 Å². The highest BCUT2D eigenvalue weighted by molar-refractivity contribution is 7.89. The van der Waals surface area contributed by atoms with E-state index in [4.69, 9.17) is 5.11 Å². The Morgan fingerprint density at radius 1 is 1.26 bits per heavy atom. The molecule has 1 heterocycles. The Balaban J connectivity index is 2.24. The summed E-state index contributed by atoms with van der Waals surface area (Å²) in [7, 11) is -1.46. The summed E-state index contributed by atoms with van der Waals surface area (Å²) in [4.78, 5) is 0. The van der Waals surface area contributed by atoms with Gasteiger partial charge in [0.05, 0.1) is 5.75 Å². The molecular weight excluding hydrogens is 264 g/mol. The Morgan fingerprint density at radius 3 is 2.68 bits per heavy atom. The van der Waals surface area contributed by atoms with Gasteiger partial charge in [-0.1, -0.05) is 6.42 Å². The maximum absolute atomic E-state index is 12.1. The van der Waals surface area contributed by atoms with Crippen molar-refractivity contribution in [2.45, 2.75) is 51.0 Å². The van der Waals surface area contributed by atoms with Gasteiger partial charge in [-0.05, 0) is 45.1 Å². The third-order valence-electron chi connectivity index (χ3n) is 3.74. The van der Waals surface area contributed by atoms with Gasteiger partial charge in [0.15, 0.2) is 0 Å². The lowest BCUT2D eigenvalue weighted by molar-refractivity contribution is 0.281. The number of nitrogens with one attached hydrogen (secondary N) is 1. The predicted molar refractivity (Wildman–Crippen MR) is 77.6 cm³/mol. The lowest BCUT2D eigenvalue weighted by atomic mass is 10.0. The van der Waals surface area contributed by atoms with E-state index in [9.17, 15) is 8.42 Å². The molecule has 0 amide bonds. The summed E-state index contributed by atoms with van der Waals surface area (Å²) in [6.07, 6.45) is 6.65. The first-order valence-electron chi connectivity index (χ1n) is 7.34. The smallest absolute Gasteiger partial charge is 0.213 e. The number of sulfonamides is 1. The highest BCUT2D eigenvalue weighted by Crippen LogP contribution is 2.12. The van der Waals surface area contributed by atoms with Crippen molar-refractivity contribution in [1.29, 1.82) is 0 Å². The minimum absolute atomic E-state index is 0.184. The van der Waals surface area contributed by atoms with E-state index >= 15 is 0 Å². The number of rotatable bonds is 9. The summed E-state index contributed by atoms with van der Waals surface area (Å²) in [6, 6.07) is 0.367. The summed E-state index contributed by atoms with van der Waals surface area (Å²) in [5, 5.41) is 12.1. The van der Waals surface area contributed by atoms with Gasteiger partial charge >= 0.3 is 0 Å². The fourth-order valence-electron chi connectivity index (χ4n) is 2.38. The zero-order chi connectivity index (χ0) is 14.1. The van der Waals surface area contributed by atoms with Gasteiger partial charge in [-0.3, -0.25) is 0 Å². The third kappa shape index (κ3) is 6.70. The highest BCUT2D eigenvalue weighted by atomic mass is 32.2. The fraction of sp³-hybridized carbons (Fsp3) is 1.00. The molecule has 1 rings (SSSR count). The Bertz CT molecular complexity index is 327. The van der Waals surface area contributed by atoms with Crippen LogP contribution in [0.4, 0.5) is 0 Å². The number of aliphatic hydroxyl groups excluding tert-OH is 1. The van der Waals surface area contributed by atoms with E-state index < -0.39 is 10.0 Å². The van der Waals surface area contributed by atoms with Crippen LogP contribution in [0.25, 0.3) is 0 Å². The van der Waals surface area contributed by atoms with Crippen LogP contribution in [-0.4, -0.2) is 56.4 Å². The number of unbranched alkanes of at least 4 members (excludes halogenated alkanes) is 2. The zero-order valence-corrected chi connectivity index (χ0v) is 12.8. The average molecular weight is 292 g/mol. The molecule has 0 radical (unpaired) electrons. The predicted octanol–water partition coefficient (Wildman–Crippen LogP) is 0.943. The molecule has 0 aromatic rings. The van der Waals surface area contributed by atoms with E-state index in [2.05, 4.69) is 5.32 Å². The lowest BCUT2D eigenvalue weighted by Crippen LogP contribution is -2.37. The first-order valence-corrected chi connectivity index (χ1v) is 8.95. The third-order valence-corrected chi connectivity index (χ3v) is 5.63. The molecule has 1 saturated heterocycles.